The summed E-state index contributed by atoms with van der Waals surface area (Å²) in [7, 11) is 0. The van der Waals surface area contributed by atoms with E-state index in [1.807, 2.05) is 0 Å². The zero-order valence-electron chi connectivity index (χ0n) is 12.3. The number of aryl methyl sites for hydroxylation is 2. The van der Waals surface area contributed by atoms with Gasteiger partial charge in [-0.15, -0.1) is 0 Å². The number of benzene rings is 1. The van der Waals surface area contributed by atoms with Crippen molar-refractivity contribution in [3.63, 3.8) is 0 Å². The van der Waals surface area contributed by atoms with E-state index in [9.17, 15) is 5.11 Å². The summed E-state index contributed by atoms with van der Waals surface area (Å²) in [5.74, 6) is 0.540. The largest absolute Gasteiger partial charge is 0.392 e. The Balaban J connectivity index is 2.52. The highest BCUT2D eigenvalue weighted by Gasteiger charge is 2.11. The number of hydrogen-bond acceptors (Lipinski definition) is 2. The van der Waals surface area contributed by atoms with Crippen LogP contribution in [0.25, 0.3) is 0 Å². The first-order valence-corrected chi connectivity index (χ1v) is 6.88. The quantitative estimate of drug-likeness (QED) is 0.810. The first-order valence-electron chi connectivity index (χ1n) is 6.88. The number of aliphatic hydroxyl groups excluding tert-OH is 1. The molecular formula is C16H27NO. The van der Waals surface area contributed by atoms with E-state index in [1.165, 1.54) is 16.7 Å². The molecule has 2 N–H and O–H groups in total. The predicted octanol–water partition coefficient (Wildman–Crippen LogP) is 3.36. The lowest BCUT2D eigenvalue weighted by Gasteiger charge is -2.20. The van der Waals surface area contributed by atoms with Gasteiger partial charge in [0.05, 0.1) is 6.10 Å². The van der Waals surface area contributed by atoms with Crippen molar-refractivity contribution in [2.24, 2.45) is 5.92 Å². The van der Waals surface area contributed by atoms with Crippen molar-refractivity contribution in [1.29, 1.82) is 0 Å². The molecule has 0 spiro atoms. The van der Waals surface area contributed by atoms with Crippen molar-refractivity contribution < 1.29 is 5.11 Å². The predicted molar refractivity (Wildman–Crippen MR) is 77.8 cm³/mol. The Morgan fingerprint density at radius 1 is 1.17 bits per heavy atom. The van der Waals surface area contributed by atoms with Crippen LogP contribution < -0.4 is 5.32 Å². The molecule has 0 aromatic heterocycles. The molecule has 0 aliphatic rings. The fourth-order valence-corrected chi connectivity index (χ4v) is 2.36. The van der Waals surface area contributed by atoms with E-state index < -0.39 is 0 Å². The summed E-state index contributed by atoms with van der Waals surface area (Å²) in [4.78, 5) is 0. The van der Waals surface area contributed by atoms with Crippen LogP contribution in [0.15, 0.2) is 18.2 Å². The van der Waals surface area contributed by atoms with Crippen molar-refractivity contribution in [3.05, 3.63) is 34.9 Å². The van der Waals surface area contributed by atoms with Gasteiger partial charge >= 0.3 is 0 Å². The second-order valence-corrected chi connectivity index (χ2v) is 5.77. The molecule has 0 radical (unpaired) electrons. The molecule has 0 saturated heterocycles. The molecule has 1 aromatic rings. The third kappa shape index (κ3) is 4.79. The highest BCUT2D eigenvalue weighted by atomic mass is 16.3. The van der Waals surface area contributed by atoms with Crippen LogP contribution in [0.5, 0.6) is 0 Å². The second-order valence-electron chi connectivity index (χ2n) is 5.77. The van der Waals surface area contributed by atoms with E-state index in [0.717, 1.165) is 6.42 Å². The van der Waals surface area contributed by atoms with Crippen LogP contribution in [-0.4, -0.2) is 17.8 Å². The van der Waals surface area contributed by atoms with Crippen LogP contribution in [-0.2, 0) is 0 Å². The van der Waals surface area contributed by atoms with E-state index >= 15 is 0 Å². The molecule has 2 unspecified atom stereocenters. The van der Waals surface area contributed by atoms with Crippen LogP contribution in [0, 0.1) is 19.8 Å². The van der Waals surface area contributed by atoms with Gasteiger partial charge < -0.3 is 10.4 Å². The summed E-state index contributed by atoms with van der Waals surface area (Å²) in [5, 5.41) is 13.3. The molecule has 2 nitrogen and oxygen atoms in total. The van der Waals surface area contributed by atoms with Gasteiger partial charge in [0.25, 0.3) is 0 Å². The van der Waals surface area contributed by atoms with Crippen molar-refractivity contribution in [1.82, 2.24) is 5.32 Å². The maximum Gasteiger partial charge on any atom is 0.0667 e. The smallest absolute Gasteiger partial charge is 0.0667 e. The molecule has 2 atom stereocenters. The molecule has 0 bridgehead atoms. The summed E-state index contributed by atoms with van der Waals surface area (Å²) in [6, 6.07) is 6.81. The zero-order valence-corrected chi connectivity index (χ0v) is 12.3. The molecule has 0 saturated carbocycles. The highest BCUT2D eigenvalue weighted by molar-refractivity contribution is 5.32. The monoisotopic (exact) mass is 249 g/mol. The van der Waals surface area contributed by atoms with Crippen LogP contribution in [0.3, 0.4) is 0 Å². The van der Waals surface area contributed by atoms with Crippen molar-refractivity contribution >= 4 is 0 Å². The summed E-state index contributed by atoms with van der Waals surface area (Å²) < 4.78 is 0. The Hall–Kier alpha value is -0.860. The Kier molecular flexibility index (Phi) is 5.83. The van der Waals surface area contributed by atoms with Gasteiger partial charge in [-0.1, -0.05) is 37.6 Å². The van der Waals surface area contributed by atoms with Crippen molar-refractivity contribution in [2.75, 3.05) is 6.54 Å². The molecule has 0 aliphatic carbocycles. The third-order valence-corrected chi connectivity index (χ3v) is 3.29. The van der Waals surface area contributed by atoms with Crippen LogP contribution in [0.1, 0.15) is 49.9 Å². The summed E-state index contributed by atoms with van der Waals surface area (Å²) in [6.45, 7) is 11.3. The topological polar surface area (TPSA) is 32.3 Å². The fourth-order valence-electron chi connectivity index (χ4n) is 2.36. The van der Waals surface area contributed by atoms with E-state index in [2.05, 4.69) is 58.1 Å². The van der Waals surface area contributed by atoms with Crippen LogP contribution in [0.4, 0.5) is 0 Å². The van der Waals surface area contributed by atoms with E-state index in [4.69, 9.17) is 0 Å². The maximum absolute atomic E-state index is 9.87. The molecule has 2 heteroatoms. The number of aliphatic hydroxyl groups is 1. The maximum atomic E-state index is 9.87. The SMILES string of the molecule is Cc1ccc(C(C)NCC(O)CC(C)C)c(C)c1. The first kappa shape index (κ1) is 15.2. The minimum atomic E-state index is -0.252. The van der Waals surface area contributed by atoms with Crippen molar-refractivity contribution in [3.8, 4) is 0 Å². The Morgan fingerprint density at radius 3 is 2.39 bits per heavy atom. The molecule has 0 amide bonds. The molecule has 0 heterocycles. The lowest BCUT2D eigenvalue weighted by atomic mass is 10.00. The first-order chi connectivity index (χ1) is 8.40. The van der Waals surface area contributed by atoms with E-state index in [1.54, 1.807) is 0 Å². The lowest BCUT2D eigenvalue weighted by molar-refractivity contribution is 0.143. The Bertz CT molecular complexity index is 373. The molecule has 1 rings (SSSR count). The standard InChI is InChI=1S/C16H27NO/c1-11(2)8-15(18)10-17-14(5)16-7-6-12(3)9-13(16)4/h6-7,9,11,14-15,17-18H,8,10H2,1-5H3. The second kappa shape index (κ2) is 6.91. The molecule has 102 valence electrons. The molecule has 0 aliphatic heterocycles. The molecule has 18 heavy (non-hydrogen) atoms. The minimum absolute atomic E-state index is 0.252. The summed E-state index contributed by atoms with van der Waals surface area (Å²) in [6.07, 6.45) is 0.602. The Morgan fingerprint density at radius 2 is 1.83 bits per heavy atom. The van der Waals surface area contributed by atoms with Crippen LogP contribution >= 0.6 is 0 Å². The normalized spacial score (nSPS) is 14.8. The summed E-state index contributed by atoms with van der Waals surface area (Å²) >= 11 is 0. The van der Waals surface area contributed by atoms with Gasteiger partial charge in [0.15, 0.2) is 0 Å². The average Bonchev–Trinajstić information content (AvgIpc) is 2.25. The van der Waals surface area contributed by atoms with Gasteiger partial charge in [-0.25, -0.2) is 0 Å². The minimum Gasteiger partial charge on any atom is -0.392 e. The molecular weight excluding hydrogens is 222 g/mol. The fraction of sp³-hybridized carbons (Fsp3) is 0.625. The molecule has 1 aromatic carbocycles. The van der Waals surface area contributed by atoms with Crippen molar-refractivity contribution in [2.45, 2.75) is 53.2 Å². The summed E-state index contributed by atoms with van der Waals surface area (Å²) in [5.41, 5.74) is 3.92. The lowest BCUT2D eigenvalue weighted by Crippen LogP contribution is -2.30. The third-order valence-electron chi connectivity index (χ3n) is 3.29. The van der Waals surface area contributed by atoms with Gasteiger partial charge in [0.1, 0.15) is 0 Å². The van der Waals surface area contributed by atoms with Gasteiger partial charge in [0.2, 0.25) is 0 Å². The van der Waals surface area contributed by atoms with Gasteiger partial charge in [-0.05, 0) is 44.2 Å². The van der Waals surface area contributed by atoms with E-state index in [0.29, 0.717) is 12.5 Å². The van der Waals surface area contributed by atoms with Gasteiger partial charge in [0, 0.05) is 12.6 Å². The van der Waals surface area contributed by atoms with E-state index in [-0.39, 0.29) is 12.1 Å². The van der Waals surface area contributed by atoms with Crippen LogP contribution in [0.2, 0.25) is 0 Å². The van der Waals surface area contributed by atoms with Gasteiger partial charge in [-0.3, -0.25) is 0 Å². The number of hydrogen-bond donors (Lipinski definition) is 2. The van der Waals surface area contributed by atoms with Gasteiger partial charge in [-0.2, -0.15) is 0 Å². The number of rotatable bonds is 6. The molecule has 0 fully saturated rings. The zero-order chi connectivity index (χ0) is 13.7. The Labute approximate surface area is 111 Å². The average molecular weight is 249 g/mol. The number of nitrogens with one attached hydrogen (secondary N) is 1. The highest BCUT2D eigenvalue weighted by Crippen LogP contribution is 2.18.